The topological polar surface area (TPSA) is 49.9 Å². The van der Waals surface area contributed by atoms with E-state index in [9.17, 15) is 14.0 Å². The standard InChI is InChI=1S/C28H31FN2O3S2/c1-21-13-15-35-26(21)18-30(16-22-9-11-23(29)12-10-22)27(32)19-31(17-24-6-5-14-34-24)28(33)20-36-25-7-3-2-4-8-25/h2-4,7-13,15,24H,5-6,14,16-20H2,1H3. The van der Waals surface area contributed by atoms with E-state index in [-0.39, 0.29) is 36.0 Å². The molecule has 0 N–H and O–H groups in total. The van der Waals surface area contributed by atoms with Crippen LogP contribution in [0.5, 0.6) is 0 Å². The van der Waals surface area contributed by atoms with Gasteiger partial charge in [-0.1, -0.05) is 30.3 Å². The molecule has 36 heavy (non-hydrogen) atoms. The quantitative estimate of drug-likeness (QED) is 0.309. The van der Waals surface area contributed by atoms with Crippen molar-refractivity contribution in [2.24, 2.45) is 0 Å². The summed E-state index contributed by atoms with van der Waals surface area (Å²) < 4.78 is 19.2. The van der Waals surface area contributed by atoms with Gasteiger partial charge < -0.3 is 14.5 Å². The number of benzene rings is 2. The van der Waals surface area contributed by atoms with Crippen molar-refractivity contribution in [3.05, 3.63) is 87.9 Å². The molecule has 0 bridgehead atoms. The lowest BCUT2D eigenvalue weighted by molar-refractivity contribution is -0.141. The fraction of sp³-hybridized carbons (Fsp3) is 0.357. The first-order valence-corrected chi connectivity index (χ1v) is 14.0. The minimum absolute atomic E-state index is 0.0142. The van der Waals surface area contributed by atoms with Crippen LogP contribution in [-0.2, 0) is 27.4 Å². The van der Waals surface area contributed by atoms with Crippen molar-refractivity contribution >= 4 is 34.9 Å². The summed E-state index contributed by atoms with van der Waals surface area (Å²) in [6.45, 7) is 3.90. The lowest BCUT2D eigenvalue weighted by atomic mass is 10.2. The molecule has 0 saturated carbocycles. The highest BCUT2D eigenvalue weighted by Crippen LogP contribution is 2.22. The number of carbonyl (C=O) groups excluding carboxylic acids is 2. The zero-order valence-corrected chi connectivity index (χ0v) is 22.0. The minimum atomic E-state index is -0.310. The van der Waals surface area contributed by atoms with Gasteiger partial charge in [-0.25, -0.2) is 4.39 Å². The highest BCUT2D eigenvalue weighted by Gasteiger charge is 2.27. The second-order valence-corrected chi connectivity index (χ2v) is 11.0. The van der Waals surface area contributed by atoms with Crippen LogP contribution < -0.4 is 0 Å². The van der Waals surface area contributed by atoms with Crippen LogP contribution in [0.2, 0.25) is 0 Å². The van der Waals surface area contributed by atoms with E-state index in [4.69, 9.17) is 4.74 Å². The van der Waals surface area contributed by atoms with Crippen molar-refractivity contribution < 1.29 is 18.7 Å². The van der Waals surface area contributed by atoms with E-state index in [0.29, 0.717) is 26.2 Å². The molecule has 4 rings (SSSR count). The molecule has 8 heteroatoms. The Bertz CT molecular complexity index is 1130. The number of carbonyl (C=O) groups is 2. The van der Waals surface area contributed by atoms with E-state index < -0.39 is 0 Å². The number of halogens is 1. The summed E-state index contributed by atoms with van der Waals surface area (Å²) in [6.07, 6.45) is 1.80. The molecule has 2 heterocycles. The molecule has 0 spiro atoms. The molecule has 1 aromatic heterocycles. The predicted molar refractivity (Wildman–Crippen MR) is 142 cm³/mol. The maximum atomic E-state index is 13.6. The Labute approximate surface area is 220 Å². The van der Waals surface area contributed by atoms with Gasteiger partial charge in [0, 0.05) is 29.5 Å². The second-order valence-electron chi connectivity index (χ2n) is 8.91. The van der Waals surface area contributed by atoms with E-state index in [1.165, 1.54) is 23.9 Å². The van der Waals surface area contributed by atoms with Crippen molar-refractivity contribution in [3.8, 4) is 0 Å². The van der Waals surface area contributed by atoms with Gasteiger partial charge in [0.15, 0.2) is 0 Å². The molecule has 1 aliphatic rings. The van der Waals surface area contributed by atoms with Gasteiger partial charge in [0.05, 0.1) is 24.9 Å². The fourth-order valence-electron chi connectivity index (χ4n) is 4.09. The maximum Gasteiger partial charge on any atom is 0.242 e. The maximum absolute atomic E-state index is 13.6. The summed E-state index contributed by atoms with van der Waals surface area (Å²) >= 11 is 3.08. The van der Waals surface area contributed by atoms with Crippen LogP contribution in [0.3, 0.4) is 0 Å². The Morgan fingerprint density at radius 2 is 1.81 bits per heavy atom. The molecule has 2 amide bonds. The highest BCUT2D eigenvalue weighted by molar-refractivity contribution is 8.00. The van der Waals surface area contributed by atoms with Gasteiger partial charge >= 0.3 is 0 Å². The van der Waals surface area contributed by atoms with Crippen molar-refractivity contribution in [2.45, 2.75) is 43.9 Å². The Kier molecular flexibility index (Phi) is 9.55. The molecular formula is C28H31FN2O3S2. The molecule has 2 aromatic carbocycles. The first-order chi connectivity index (χ1) is 17.5. The molecule has 5 nitrogen and oxygen atoms in total. The zero-order chi connectivity index (χ0) is 25.3. The van der Waals surface area contributed by atoms with Crippen LogP contribution in [0.25, 0.3) is 0 Å². The number of thiophene rings is 1. The summed E-state index contributed by atoms with van der Waals surface area (Å²) in [5.74, 6) is -0.272. The number of hydrogen-bond donors (Lipinski definition) is 0. The fourth-order valence-corrected chi connectivity index (χ4v) is 5.83. The molecule has 1 unspecified atom stereocenters. The average molecular weight is 527 g/mol. The van der Waals surface area contributed by atoms with Gasteiger partial charge in [0.1, 0.15) is 5.82 Å². The van der Waals surface area contributed by atoms with E-state index in [2.05, 4.69) is 0 Å². The smallest absolute Gasteiger partial charge is 0.242 e. The van der Waals surface area contributed by atoms with Crippen LogP contribution in [0.4, 0.5) is 4.39 Å². The van der Waals surface area contributed by atoms with Crippen molar-refractivity contribution in [1.29, 1.82) is 0 Å². The first kappa shape index (κ1) is 26.4. The van der Waals surface area contributed by atoms with E-state index in [1.807, 2.05) is 48.7 Å². The summed E-state index contributed by atoms with van der Waals surface area (Å²) in [5.41, 5.74) is 1.97. The zero-order valence-electron chi connectivity index (χ0n) is 20.4. The van der Waals surface area contributed by atoms with Gasteiger partial charge in [-0.2, -0.15) is 0 Å². The van der Waals surface area contributed by atoms with Gasteiger partial charge in [-0.3, -0.25) is 9.59 Å². The Balaban J connectivity index is 1.48. The third-order valence-electron chi connectivity index (χ3n) is 6.17. The van der Waals surface area contributed by atoms with Crippen molar-refractivity contribution in [3.63, 3.8) is 0 Å². The molecule has 1 fully saturated rings. The Morgan fingerprint density at radius 3 is 2.47 bits per heavy atom. The number of amides is 2. The molecule has 1 aliphatic heterocycles. The Morgan fingerprint density at radius 1 is 1.03 bits per heavy atom. The van der Waals surface area contributed by atoms with Gasteiger partial charge in [0.25, 0.3) is 0 Å². The molecule has 1 saturated heterocycles. The molecule has 3 aromatic rings. The SMILES string of the molecule is Cc1ccsc1CN(Cc1ccc(F)cc1)C(=O)CN(CC1CCCO1)C(=O)CSc1ccccc1. The summed E-state index contributed by atoms with van der Waals surface area (Å²) in [7, 11) is 0. The number of hydrogen-bond acceptors (Lipinski definition) is 5. The van der Waals surface area contributed by atoms with Crippen molar-refractivity contribution in [2.75, 3.05) is 25.4 Å². The molecule has 1 atom stereocenters. The number of rotatable bonds is 11. The lowest BCUT2D eigenvalue weighted by Gasteiger charge is -2.29. The normalized spacial score (nSPS) is 15.1. The van der Waals surface area contributed by atoms with E-state index in [0.717, 1.165) is 33.7 Å². The molecule has 0 aliphatic carbocycles. The number of ether oxygens (including phenoxy) is 1. The summed E-state index contributed by atoms with van der Waals surface area (Å²) in [5, 5.41) is 2.01. The lowest BCUT2D eigenvalue weighted by Crippen LogP contribution is -2.46. The molecule has 0 radical (unpaired) electrons. The Hall–Kier alpha value is -2.68. The monoisotopic (exact) mass is 526 g/mol. The largest absolute Gasteiger partial charge is 0.376 e. The van der Waals surface area contributed by atoms with Crippen LogP contribution >= 0.6 is 23.1 Å². The third kappa shape index (κ3) is 7.66. The molecule has 190 valence electrons. The van der Waals surface area contributed by atoms with Gasteiger partial charge in [-0.15, -0.1) is 23.1 Å². The van der Waals surface area contributed by atoms with Crippen LogP contribution in [0.15, 0.2) is 70.9 Å². The van der Waals surface area contributed by atoms with Crippen LogP contribution in [0.1, 0.15) is 28.8 Å². The summed E-state index contributed by atoms with van der Waals surface area (Å²) in [6, 6.07) is 18.0. The molecular weight excluding hydrogens is 495 g/mol. The van der Waals surface area contributed by atoms with E-state index >= 15 is 0 Å². The summed E-state index contributed by atoms with van der Waals surface area (Å²) in [4.78, 5) is 32.4. The highest BCUT2D eigenvalue weighted by atomic mass is 32.2. The van der Waals surface area contributed by atoms with Crippen LogP contribution in [-0.4, -0.2) is 53.2 Å². The van der Waals surface area contributed by atoms with Gasteiger partial charge in [0.2, 0.25) is 11.8 Å². The van der Waals surface area contributed by atoms with Gasteiger partial charge in [-0.05, 0) is 66.6 Å². The minimum Gasteiger partial charge on any atom is -0.376 e. The number of thioether (sulfide) groups is 1. The third-order valence-corrected chi connectivity index (χ3v) is 8.18. The van der Waals surface area contributed by atoms with Crippen molar-refractivity contribution in [1.82, 2.24) is 9.80 Å². The van der Waals surface area contributed by atoms with Crippen LogP contribution in [0, 0.1) is 12.7 Å². The van der Waals surface area contributed by atoms with E-state index in [1.54, 1.807) is 33.3 Å². The average Bonchev–Trinajstić information content (AvgIpc) is 3.55. The number of aryl methyl sites for hydroxylation is 1. The second kappa shape index (κ2) is 13.0. The first-order valence-electron chi connectivity index (χ1n) is 12.1. The predicted octanol–water partition coefficient (Wildman–Crippen LogP) is 5.52. The number of nitrogens with zero attached hydrogens (tertiary/aromatic N) is 2.